The Morgan fingerprint density at radius 1 is 1.15 bits per heavy atom. The summed E-state index contributed by atoms with van der Waals surface area (Å²) in [7, 11) is 2.06. The molecule has 27 heavy (non-hydrogen) atoms. The fourth-order valence-electron chi connectivity index (χ4n) is 3.37. The number of hydrogen-bond donors (Lipinski definition) is 2. The van der Waals surface area contributed by atoms with Crippen LogP contribution in [0.4, 0.5) is 0 Å². The van der Waals surface area contributed by atoms with Gasteiger partial charge in [0.25, 0.3) is 5.56 Å². The van der Waals surface area contributed by atoms with E-state index in [2.05, 4.69) is 50.1 Å². The van der Waals surface area contributed by atoms with Gasteiger partial charge in [0.15, 0.2) is 11.6 Å². The summed E-state index contributed by atoms with van der Waals surface area (Å²) in [6.45, 7) is 5.48. The van der Waals surface area contributed by atoms with Crippen LogP contribution in [0, 0.1) is 13.8 Å². The van der Waals surface area contributed by atoms with Crippen LogP contribution in [0.25, 0.3) is 21.3 Å². The van der Waals surface area contributed by atoms with Crippen molar-refractivity contribution in [3.05, 3.63) is 75.0 Å². The molecule has 0 aliphatic carbocycles. The van der Waals surface area contributed by atoms with E-state index in [0.29, 0.717) is 17.8 Å². The molecule has 0 bridgehead atoms. The Morgan fingerprint density at radius 3 is 2.63 bits per heavy atom. The first-order valence-electron chi connectivity index (χ1n) is 8.94. The Morgan fingerprint density at radius 2 is 1.93 bits per heavy atom. The van der Waals surface area contributed by atoms with Crippen LogP contribution in [0.2, 0.25) is 0 Å². The molecule has 4 rings (SSSR count). The number of aromatic amines is 1. The third-order valence-corrected chi connectivity index (χ3v) is 5.65. The van der Waals surface area contributed by atoms with Crippen LogP contribution in [0.3, 0.4) is 0 Å². The number of furan rings is 1. The fraction of sp³-hybridized carbons (Fsp3) is 0.238. The Bertz CT molecular complexity index is 1120. The van der Waals surface area contributed by atoms with Crippen LogP contribution in [-0.2, 0) is 13.1 Å². The normalized spacial score (nSPS) is 12.6. The zero-order valence-electron chi connectivity index (χ0n) is 15.6. The zero-order chi connectivity index (χ0) is 19.0. The number of benzene rings is 1. The third kappa shape index (κ3) is 3.59. The first kappa shape index (κ1) is 17.7. The van der Waals surface area contributed by atoms with E-state index in [1.165, 1.54) is 10.5 Å². The summed E-state index contributed by atoms with van der Waals surface area (Å²) in [6.07, 6.45) is 1.68. The second kappa shape index (κ2) is 7.13. The maximum atomic E-state index is 12.9. The maximum Gasteiger partial charge on any atom is 0.260 e. The molecule has 2 N–H and O–H groups in total. The summed E-state index contributed by atoms with van der Waals surface area (Å²) < 4.78 is 5.40. The lowest BCUT2D eigenvalue weighted by atomic mass is 10.0. The number of aromatic nitrogens is 2. The van der Waals surface area contributed by atoms with Gasteiger partial charge in [-0.3, -0.25) is 4.79 Å². The lowest BCUT2D eigenvalue weighted by Gasteiger charge is -2.11. The smallest absolute Gasteiger partial charge is 0.260 e. The Balaban J connectivity index is 1.68. The Labute approximate surface area is 161 Å². The molecule has 0 radical (unpaired) electrons. The van der Waals surface area contributed by atoms with Crippen molar-refractivity contribution in [3.8, 4) is 11.1 Å². The topological polar surface area (TPSA) is 63.3 Å². The van der Waals surface area contributed by atoms with Gasteiger partial charge in [-0.15, -0.1) is 11.3 Å². The van der Waals surface area contributed by atoms with E-state index in [0.717, 1.165) is 33.1 Å². The number of nitrogens with zero attached hydrogens (tertiary/aromatic N) is 1. The fourth-order valence-corrected chi connectivity index (χ4v) is 4.44. The van der Waals surface area contributed by atoms with Crippen LogP contribution >= 0.6 is 11.3 Å². The van der Waals surface area contributed by atoms with Gasteiger partial charge in [-0.2, -0.15) is 0 Å². The molecule has 1 aromatic carbocycles. The number of nitrogens with one attached hydrogen (secondary N) is 2. The van der Waals surface area contributed by atoms with Crippen molar-refractivity contribution in [2.75, 3.05) is 7.05 Å². The highest BCUT2D eigenvalue weighted by atomic mass is 32.1. The van der Waals surface area contributed by atoms with Gasteiger partial charge in [0, 0.05) is 10.4 Å². The summed E-state index contributed by atoms with van der Waals surface area (Å²) >= 11 is 1.58. The molecular weight excluding hydrogens is 358 g/mol. The molecule has 5 nitrogen and oxygen atoms in total. The minimum Gasteiger partial charge on any atom is -0.463 e. The first-order valence-corrected chi connectivity index (χ1v) is 9.76. The van der Waals surface area contributed by atoms with Crippen molar-refractivity contribution in [1.29, 1.82) is 0 Å². The molecule has 3 aromatic heterocycles. The molecule has 1 atom stereocenters. The van der Waals surface area contributed by atoms with Gasteiger partial charge in [-0.1, -0.05) is 29.8 Å². The van der Waals surface area contributed by atoms with E-state index in [4.69, 9.17) is 9.40 Å². The minimum atomic E-state index is -0.0688. The van der Waals surface area contributed by atoms with Gasteiger partial charge in [-0.25, -0.2) is 4.98 Å². The average molecular weight is 380 g/mol. The van der Waals surface area contributed by atoms with E-state index in [-0.39, 0.29) is 5.56 Å². The molecule has 4 aromatic rings. The van der Waals surface area contributed by atoms with Crippen LogP contribution < -0.4 is 10.5 Å². The van der Waals surface area contributed by atoms with E-state index >= 15 is 0 Å². The molecular formula is C21H22N3O2S+. The SMILES string of the molecule is Cc1ccc(-c2c(C)sc3nc(C[NH+](C)Cc4ccco4)[nH]c(=O)c23)cc1. The molecule has 3 heterocycles. The lowest BCUT2D eigenvalue weighted by molar-refractivity contribution is -0.909. The summed E-state index contributed by atoms with van der Waals surface area (Å²) in [5, 5.41) is 0.689. The highest BCUT2D eigenvalue weighted by molar-refractivity contribution is 7.19. The van der Waals surface area contributed by atoms with Gasteiger partial charge in [0.05, 0.1) is 18.7 Å². The number of aryl methyl sites for hydroxylation is 2. The number of quaternary nitrogens is 1. The highest BCUT2D eigenvalue weighted by Crippen LogP contribution is 2.35. The number of thiophene rings is 1. The quantitative estimate of drug-likeness (QED) is 0.559. The molecule has 138 valence electrons. The second-order valence-electron chi connectivity index (χ2n) is 6.98. The molecule has 1 unspecified atom stereocenters. The van der Waals surface area contributed by atoms with E-state index in [9.17, 15) is 4.79 Å². The largest absolute Gasteiger partial charge is 0.463 e. The zero-order valence-corrected chi connectivity index (χ0v) is 16.4. The van der Waals surface area contributed by atoms with Crippen LogP contribution in [-0.4, -0.2) is 17.0 Å². The van der Waals surface area contributed by atoms with E-state index in [1.807, 2.05) is 12.1 Å². The van der Waals surface area contributed by atoms with Crippen molar-refractivity contribution >= 4 is 21.6 Å². The van der Waals surface area contributed by atoms with E-state index < -0.39 is 0 Å². The van der Waals surface area contributed by atoms with Crippen LogP contribution in [0.1, 0.15) is 22.0 Å². The van der Waals surface area contributed by atoms with Crippen LogP contribution in [0.15, 0.2) is 51.9 Å². The van der Waals surface area contributed by atoms with Crippen molar-refractivity contribution in [3.63, 3.8) is 0 Å². The predicted molar refractivity (Wildman–Crippen MR) is 108 cm³/mol. The van der Waals surface area contributed by atoms with Gasteiger partial charge < -0.3 is 14.3 Å². The van der Waals surface area contributed by atoms with Crippen molar-refractivity contribution in [2.24, 2.45) is 0 Å². The number of hydrogen-bond acceptors (Lipinski definition) is 4. The maximum absolute atomic E-state index is 12.9. The van der Waals surface area contributed by atoms with Crippen LogP contribution in [0.5, 0.6) is 0 Å². The molecule has 0 aliphatic rings. The minimum absolute atomic E-state index is 0.0688. The summed E-state index contributed by atoms with van der Waals surface area (Å²) in [5.41, 5.74) is 3.19. The summed E-state index contributed by atoms with van der Waals surface area (Å²) in [5.74, 6) is 1.62. The van der Waals surface area contributed by atoms with E-state index in [1.54, 1.807) is 17.6 Å². The standard InChI is InChI=1S/C21H21N3O2S/c1-13-6-8-15(9-7-13)18-14(2)27-21-19(18)20(25)22-17(23-21)12-24(3)11-16-5-4-10-26-16/h4-10H,11-12H2,1-3H3,(H,22,23,25)/p+1. The second-order valence-corrected chi connectivity index (χ2v) is 8.19. The van der Waals surface area contributed by atoms with Crippen molar-refractivity contribution in [1.82, 2.24) is 9.97 Å². The molecule has 0 fully saturated rings. The van der Waals surface area contributed by atoms with Crippen molar-refractivity contribution < 1.29 is 9.32 Å². The molecule has 0 aliphatic heterocycles. The molecule has 0 saturated heterocycles. The number of fused-ring (bicyclic) bond motifs is 1. The molecule has 6 heteroatoms. The molecule has 0 amide bonds. The van der Waals surface area contributed by atoms with Gasteiger partial charge in [0.2, 0.25) is 0 Å². The predicted octanol–water partition coefficient (Wildman–Crippen LogP) is 3.08. The van der Waals surface area contributed by atoms with Gasteiger partial charge in [0.1, 0.15) is 17.9 Å². The number of H-pyrrole nitrogens is 1. The monoisotopic (exact) mass is 380 g/mol. The lowest BCUT2D eigenvalue weighted by Crippen LogP contribution is -3.06. The first-order chi connectivity index (χ1) is 13.0. The average Bonchev–Trinajstić information content (AvgIpc) is 3.23. The van der Waals surface area contributed by atoms with Gasteiger partial charge in [-0.05, 0) is 31.5 Å². The Hall–Kier alpha value is -2.70. The third-order valence-electron chi connectivity index (χ3n) is 4.65. The Kier molecular flexibility index (Phi) is 4.68. The van der Waals surface area contributed by atoms with Crippen molar-refractivity contribution in [2.45, 2.75) is 26.9 Å². The molecule has 0 spiro atoms. The summed E-state index contributed by atoms with van der Waals surface area (Å²) in [4.78, 5) is 23.7. The highest BCUT2D eigenvalue weighted by Gasteiger charge is 2.18. The number of rotatable bonds is 5. The summed E-state index contributed by atoms with van der Waals surface area (Å²) in [6, 6.07) is 12.1. The van der Waals surface area contributed by atoms with Gasteiger partial charge >= 0.3 is 0 Å². The molecule has 0 saturated carbocycles.